The van der Waals surface area contributed by atoms with Crippen molar-refractivity contribution in [3.05, 3.63) is 0 Å². The highest BCUT2D eigenvalue weighted by atomic mass is 79.9. The van der Waals surface area contributed by atoms with Gasteiger partial charge in [0.1, 0.15) is 0 Å². The van der Waals surface area contributed by atoms with E-state index in [4.69, 9.17) is 0 Å². The molecule has 0 aliphatic carbocycles. The largest absolute Gasteiger partial charge is 0.356 e. The number of hydrogen-bond acceptors (Lipinski definition) is 2. The summed E-state index contributed by atoms with van der Waals surface area (Å²) in [5, 5.41) is 3.92. The van der Waals surface area contributed by atoms with E-state index in [0.29, 0.717) is 5.92 Å². The van der Waals surface area contributed by atoms with Crippen molar-refractivity contribution in [3.8, 4) is 0 Å². The van der Waals surface area contributed by atoms with E-state index in [0.717, 1.165) is 24.7 Å². The predicted octanol–water partition coefficient (Wildman–Crippen LogP) is 2.42. The molecule has 82 valence electrons. The molecule has 1 amide bonds. The Morgan fingerprint density at radius 3 is 2.79 bits per heavy atom. The van der Waals surface area contributed by atoms with Gasteiger partial charge in [0.15, 0.2) is 0 Å². The second-order valence-corrected chi connectivity index (χ2v) is 5.67. The van der Waals surface area contributed by atoms with E-state index in [-0.39, 0.29) is 5.91 Å². The molecule has 0 unspecified atom stereocenters. The Balaban J connectivity index is 2.06. The van der Waals surface area contributed by atoms with Gasteiger partial charge in [0.05, 0.1) is 0 Å². The van der Waals surface area contributed by atoms with E-state index in [2.05, 4.69) is 21.2 Å². The lowest BCUT2D eigenvalue weighted by atomic mass is 9.98. The van der Waals surface area contributed by atoms with Gasteiger partial charge in [-0.2, -0.15) is 11.8 Å². The number of rotatable bonds is 5. The third kappa shape index (κ3) is 5.25. The van der Waals surface area contributed by atoms with Crippen molar-refractivity contribution in [1.82, 2.24) is 5.32 Å². The maximum atomic E-state index is 11.5. The summed E-state index contributed by atoms with van der Waals surface area (Å²) in [6.45, 7) is 0.811. The molecule has 1 rings (SSSR count). The highest BCUT2D eigenvalue weighted by molar-refractivity contribution is 9.09. The van der Waals surface area contributed by atoms with Gasteiger partial charge in [-0.05, 0) is 36.7 Å². The molecule has 1 aliphatic heterocycles. The standard InChI is InChI=1S/C10H18BrNOS/c11-4-1-5-12-10(13)8-9-2-6-14-7-3-9/h9H,1-8H2,(H,12,13). The van der Waals surface area contributed by atoms with Gasteiger partial charge in [0.25, 0.3) is 0 Å². The zero-order chi connectivity index (χ0) is 10.2. The quantitative estimate of drug-likeness (QED) is 0.619. The third-order valence-corrected chi connectivity index (χ3v) is 4.06. The maximum absolute atomic E-state index is 11.5. The van der Waals surface area contributed by atoms with Crippen LogP contribution in [0.25, 0.3) is 0 Å². The molecule has 0 saturated carbocycles. The Hall–Kier alpha value is 0.300. The summed E-state index contributed by atoms with van der Waals surface area (Å²) >= 11 is 5.35. The van der Waals surface area contributed by atoms with Crippen LogP contribution in [-0.4, -0.2) is 29.3 Å². The second-order valence-electron chi connectivity index (χ2n) is 3.65. The summed E-state index contributed by atoms with van der Waals surface area (Å²) < 4.78 is 0. The van der Waals surface area contributed by atoms with Gasteiger partial charge in [-0.25, -0.2) is 0 Å². The second kappa shape index (κ2) is 7.57. The number of halogens is 1. The van der Waals surface area contributed by atoms with Crippen LogP contribution in [0, 0.1) is 5.92 Å². The Bertz CT molecular complexity index is 172. The first-order valence-electron chi connectivity index (χ1n) is 5.23. The molecule has 1 N–H and O–H groups in total. The fourth-order valence-corrected chi connectivity index (χ4v) is 3.06. The molecule has 4 heteroatoms. The zero-order valence-electron chi connectivity index (χ0n) is 8.43. The molecule has 0 aromatic heterocycles. The van der Waals surface area contributed by atoms with Crippen LogP contribution >= 0.6 is 27.7 Å². The van der Waals surface area contributed by atoms with Crippen LogP contribution < -0.4 is 5.32 Å². The van der Waals surface area contributed by atoms with Crippen LogP contribution in [0.3, 0.4) is 0 Å². The van der Waals surface area contributed by atoms with E-state index in [9.17, 15) is 4.79 Å². The molecule has 14 heavy (non-hydrogen) atoms. The normalized spacial score (nSPS) is 18.1. The molecule has 1 fully saturated rings. The summed E-state index contributed by atoms with van der Waals surface area (Å²) in [7, 11) is 0. The number of amides is 1. The minimum absolute atomic E-state index is 0.239. The third-order valence-electron chi connectivity index (χ3n) is 2.45. The Morgan fingerprint density at radius 2 is 2.14 bits per heavy atom. The van der Waals surface area contributed by atoms with Crippen molar-refractivity contribution in [2.24, 2.45) is 5.92 Å². The summed E-state index contributed by atoms with van der Waals surface area (Å²) in [5.74, 6) is 3.35. The summed E-state index contributed by atoms with van der Waals surface area (Å²) in [6.07, 6.45) is 4.20. The average Bonchev–Trinajstić information content (AvgIpc) is 2.20. The topological polar surface area (TPSA) is 29.1 Å². The van der Waals surface area contributed by atoms with Gasteiger partial charge in [-0.3, -0.25) is 4.79 Å². The maximum Gasteiger partial charge on any atom is 0.220 e. The van der Waals surface area contributed by atoms with Crippen LogP contribution in [0.4, 0.5) is 0 Å². The SMILES string of the molecule is O=C(CC1CCSCC1)NCCCBr. The number of carbonyl (C=O) groups excluding carboxylic acids is 1. The molecule has 0 radical (unpaired) electrons. The van der Waals surface area contributed by atoms with Crippen molar-refractivity contribution in [2.45, 2.75) is 25.7 Å². The first kappa shape index (κ1) is 12.4. The minimum atomic E-state index is 0.239. The molecule has 0 atom stereocenters. The van der Waals surface area contributed by atoms with Crippen LogP contribution in [0.15, 0.2) is 0 Å². The molecule has 0 spiro atoms. The van der Waals surface area contributed by atoms with Gasteiger partial charge in [-0.1, -0.05) is 15.9 Å². The molecule has 0 aromatic rings. The highest BCUT2D eigenvalue weighted by Crippen LogP contribution is 2.24. The smallest absolute Gasteiger partial charge is 0.220 e. The van der Waals surface area contributed by atoms with Gasteiger partial charge in [0.2, 0.25) is 5.91 Å². The Kier molecular flexibility index (Phi) is 6.69. The van der Waals surface area contributed by atoms with Crippen molar-refractivity contribution in [3.63, 3.8) is 0 Å². The van der Waals surface area contributed by atoms with E-state index in [1.165, 1.54) is 24.3 Å². The summed E-state index contributed by atoms with van der Waals surface area (Å²) in [5.41, 5.74) is 0. The molecular weight excluding hydrogens is 262 g/mol. The van der Waals surface area contributed by atoms with E-state index in [1.807, 2.05) is 11.8 Å². The monoisotopic (exact) mass is 279 g/mol. The number of carbonyl (C=O) groups is 1. The Labute approximate surface area is 98.7 Å². The summed E-state index contributed by atoms with van der Waals surface area (Å²) in [6, 6.07) is 0. The molecule has 1 aliphatic rings. The van der Waals surface area contributed by atoms with E-state index < -0.39 is 0 Å². The summed E-state index contributed by atoms with van der Waals surface area (Å²) in [4.78, 5) is 11.5. The molecule has 1 saturated heterocycles. The highest BCUT2D eigenvalue weighted by Gasteiger charge is 2.16. The fraction of sp³-hybridized carbons (Fsp3) is 0.900. The number of thioether (sulfide) groups is 1. The fourth-order valence-electron chi connectivity index (χ4n) is 1.58. The first-order valence-corrected chi connectivity index (χ1v) is 7.51. The lowest BCUT2D eigenvalue weighted by Gasteiger charge is -2.20. The lowest BCUT2D eigenvalue weighted by Crippen LogP contribution is -2.27. The molecule has 0 aromatic carbocycles. The van der Waals surface area contributed by atoms with Crippen LogP contribution in [0.2, 0.25) is 0 Å². The number of nitrogens with one attached hydrogen (secondary N) is 1. The average molecular weight is 280 g/mol. The van der Waals surface area contributed by atoms with Crippen molar-refractivity contribution in [1.29, 1.82) is 0 Å². The van der Waals surface area contributed by atoms with Gasteiger partial charge >= 0.3 is 0 Å². The number of hydrogen-bond donors (Lipinski definition) is 1. The lowest BCUT2D eigenvalue weighted by molar-refractivity contribution is -0.122. The number of alkyl halides is 1. The van der Waals surface area contributed by atoms with Gasteiger partial charge in [-0.15, -0.1) is 0 Å². The van der Waals surface area contributed by atoms with Crippen molar-refractivity contribution in [2.75, 3.05) is 23.4 Å². The zero-order valence-corrected chi connectivity index (χ0v) is 10.8. The van der Waals surface area contributed by atoms with E-state index in [1.54, 1.807) is 0 Å². The minimum Gasteiger partial charge on any atom is -0.356 e. The Morgan fingerprint density at radius 1 is 1.43 bits per heavy atom. The molecular formula is C10H18BrNOS. The molecule has 2 nitrogen and oxygen atoms in total. The van der Waals surface area contributed by atoms with Gasteiger partial charge < -0.3 is 5.32 Å². The molecule has 0 bridgehead atoms. The van der Waals surface area contributed by atoms with E-state index >= 15 is 0 Å². The first-order chi connectivity index (χ1) is 6.83. The van der Waals surface area contributed by atoms with Crippen molar-refractivity contribution >= 4 is 33.6 Å². The van der Waals surface area contributed by atoms with Gasteiger partial charge in [0, 0.05) is 18.3 Å². The predicted molar refractivity (Wildman–Crippen MR) is 66.1 cm³/mol. The van der Waals surface area contributed by atoms with Crippen LogP contribution in [0.5, 0.6) is 0 Å². The van der Waals surface area contributed by atoms with Crippen LogP contribution in [-0.2, 0) is 4.79 Å². The van der Waals surface area contributed by atoms with Crippen molar-refractivity contribution < 1.29 is 4.79 Å². The van der Waals surface area contributed by atoms with Crippen LogP contribution in [0.1, 0.15) is 25.7 Å². The molecule has 1 heterocycles.